The Morgan fingerprint density at radius 3 is 2.79 bits per heavy atom. The Kier molecular flexibility index (Phi) is 4.88. The highest BCUT2D eigenvalue weighted by Crippen LogP contribution is 2.38. The zero-order valence-electron chi connectivity index (χ0n) is 17.0. The molecule has 1 aromatic rings. The minimum Gasteiger partial charge on any atom is -0.454 e. The Hall–Kier alpha value is -2.77. The van der Waals surface area contributed by atoms with Gasteiger partial charge in [0.05, 0.1) is 0 Å². The summed E-state index contributed by atoms with van der Waals surface area (Å²) in [5.74, 6) is 1.27. The minimum atomic E-state index is -1.26. The van der Waals surface area contributed by atoms with E-state index in [9.17, 15) is 14.4 Å². The van der Waals surface area contributed by atoms with Crippen molar-refractivity contribution in [2.24, 2.45) is 11.8 Å². The van der Waals surface area contributed by atoms with Crippen LogP contribution >= 0.6 is 0 Å². The molecule has 0 aromatic heterocycles. The van der Waals surface area contributed by atoms with Gasteiger partial charge in [0, 0.05) is 6.04 Å². The van der Waals surface area contributed by atoms with Gasteiger partial charge in [-0.3, -0.25) is 14.5 Å². The van der Waals surface area contributed by atoms with Crippen molar-refractivity contribution in [3.05, 3.63) is 23.8 Å². The van der Waals surface area contributed by atoms with Crippen LogP contribution in [0.5, 0.6) is 11.5 Å². The second-order valence-electron chi connectivity index (χ2n) is 8.46. The lowest BCUT2D eigenvalue weighted by Gasteiger charge is -2.34. The molecular formula is C21H27N3O5. The number of hydrogen-bond acceptors (Lipinski definition) is 5. The van der Waals surface area contributed by atoms with Gasteiger partial charge in [0.1, 0.15) is 12.1 Å². The summed E-state index contributed by atoms with van der Waals surface area (Å²) in [4.78, 5) is 39.2. The largest absolute Gasteiger partial charge is 0.454 e. The molecule has 0 spiro atoms. The van der Waals surface area contributed by atoms with E-state index in [2.05, 4.69) is 24.5 Å². The molecule has 0 unspecified atom stereocenters. The van der Waals surface area contributed by atoms with Crippen molar-refractivity contribution >= 4 is 17.8 Å². The Bertz CT molecular complexity index is 857. The molecule has 1 saturated heterocycles. The number of urea groups is 1. The molecule has 2 fully saturated rings. The molecule has 4 atom stereocenters. The lowest BCUT2D eigenvalue weighted by molar-refractivity contribution is -0.135. The maximum atomic E-state index is 13.1. The van der Waals surface area contributed by atoms with Gasteiger partial charge in [-0.1, -0.05) is 32.8 Å². The van der Waals surface area contributed by atoms with E-state index in [1.165, 1.54) is 0 Å². The summed E-state index contributed by atoms with van der Waals surface area (Å²) in [6.45, 7) is 5.80. The van der Waals surface area contributed by atoms with Gasteiger partial charge < -0.3 is 20.1 Å². The summed E-state index contributed by atoms with van der Waals surface area (Å²) in [5, 5.41) is 5.74. The van der Waals surface area contributed by atoms with Crippen LogP contribution in [0.15, 0.2) is 18.2 Å². The smallest absolute Gasteiger partial charge is 0.325 e. The van der Waals surface area contributed by atoms with Crippen LogP contribution in [0.4, 0.5) is 4.79 Å². The van der Waals surface area contributed by atoms with Crippen LogP contribution in [0.1, 0.15) is 45.6 Å². The monoisotopic (exact) mass is 401 g/mol. The third-order valence-corrected chi connectivity index (χ3v) is 6.58. The normalized spacial score (nSPS) is 31.0. The first kappa shape index (κ1) is 19.5. The fourth-order valence-corrected chi connectivity index (χ4v) is 4.43. The van der Waals surface area contributed by atoms with Crippen molar-refractivity contribution in [3.63, 3.8) is 0 Å². The van der Waals surface area contributed by atoms with Crippen LogP contribution in [0, 0.1) is 11.8 Å². The van der Waals surface area contributed by atoms with Gasteiger partial charge in [0.25, 0.3) is 5.91 Å². The van der Waals surface area contributed by atoms with Gasteiger partial charge in [0.2, 0.25) is 12.7 Å². The molecule has 8 heteroatoms. The zero-order chi connectivity index (χ0) is 20.8. The van der Waals surface area contributed by atoms with Crippen molar-refractivity contribution in [3.8, 4) is 11.5 Å². The summed E-state index contributed by atoms with van der Waals surface area (Å²) in [6, 6.07) is 4.63. The van der Waals surface area contributed by atoms with Crippen molar-refractivity contribution in [1.29, 1.82) is 0 Å². The van der Waals surface area contributed by atoms with Gasteiger partial charge in [-0.2, -0.15) is 0 Å². The average Bonchev–Trinajstić information content (AvgIpc) is 3.24. The Morgan fingerprint density at radius 1 is 1.24 bits per heavy atom. The van der Waals surface area contributed by atoms with E-state index < -0.39 is 17.5 Å². The molecule has 2 aliphatic heterocycles. The van der Waals surface area contributed by atoms with Gasteiger partial charge in [-0.05, 0) is 42.9 Å². The molecule has 2 heterocycles. The Labute approximate surface area is 169 Å². The van der Waals surface area contributed by atoms with Gasteiger partial charge in [-0.25, -0.2) is 4.79 Å². The van der Waals surface area contributed by atoms with Crippen molar-refractivity contribution in [1.82, 2.24) is 15.5 Å². The Morgan fingerprint density at radius 2 is 2.00 bits per heavy atom. The van der Waals surface area contributed by atoms with Crippen LogP contribution in [-0.4, -0.2) is 42.1 Å². The van der Waals surface area contributed by atoms with Crippen LogP contribution < -0.4 is 20.1 Å². The number of amides is 4. The van der Waals surface area contributed by atoms with Crippen molar-refractivity contribution in [2.45, 2.75) is 51.6 Å². The maximum Gasteiger partial charge on any atom is 0.325 e. The van der Waals surface area contributed by atoms with E-state index >= 15 is 0 Å². The van der Waals surface area contributed by atoms with E-state index in [0.717, 1.165) is 24.2 Å². The number of carbonyl (C=O) groups excluding carboxylic acids is 3. The molecule has 29 heavy (non-hydrogen) atoms. The summed E-state index contributed by atoms with van der Waals surface area (Å²) in [6.07, 6.45) is 3.16. The maximum absolute atomic E-state index is 13.1. The standard InChI is InChI=1S/C21H27N3O5/c1-12-5-4-6-15(13(12)2)22-18(25)10-24-19(26)21(3,23-20(24)27)14-7-8-16-17(9-14)29-11-28-16/h7-9,12-13,15H,4-6,10-11H2,1-3H3,(H,22,25)(H,23,27)/t12-,13-,15-,21-/m1/s1. The first-order valence-corrected chi connectivity index (χ1v) is 10.1. The van der Waals surface area contributed by atoms with Crippen molar-refractivity contribution in [2.75, 3.05) is 13.3 Å². The zero-order valence-corrected chi connectivity index (χ0v) is 17.0. The molecule has 0 bridgehead atoms. The number of nitrogens with one attached hydrogen (secondary N) is 2. The van der Waals surface area contributed by atoms with Crippen LogP contribution in [-0.2, 0) is 15.1 Å². The first-order valence-electron chi connectivity index (χ1n) is 10.1. The predicted molar refractivity (Wildman–Crippen MR) is 104 cm³/mol. The fraction of sp³-hybridized carbons (Fsp3) is 0.571. The van der Waals surface area contributed by atoms with Gasteiger partial charge in [-0.15, -0.1) is 0 Å². The summed E-state index contributed by atoms with van der Waals surface area (Å²) in [5.41, 5.74) is -0.678. The predicted octanol–water partition coefficient (Wildman–Crippen LogP) is 2.12. The van der Waals surface area contributed by atoms with Gasteiger partial charge >= 0.3 is 6.03 Å². The molecule has 156 valence electrons. The third kappa shape index (κ3) is 3.41. The quantitative estimate of drug-likeness (QED) is 0.754. The van der Waals surface area contributed by atoms with Gasteiger partial charge in [0.15, 0.2) is 11.5 Å². The molecular weight excluding hydrogens is 374 g/mol. The number of benzene rings is 1. The highest BCUT2D eigenvalue weighted by atomic mass is 16.7. The Balaban J connectivity index is 1.46. The minimum absolute atomic E-state index is 0.0762. The topological polar surface area (TPSA) is 97.0 Å². The molecule has 4 amide bonds. The molecule has 2 N–H and O–H groups in total. The lowest BCUT2D eigenvalue weighted by Crippen LogP contribution is -2.48. The van der Waals surface area contributed by atoms with E-state index in [1.54, 1.807) is 25.1 Å². The van der Waals surface area contributed by atoms with Crippen LogP contribution in [0.3, 0.4) is 0 Å². The summed E-state index contributed by atoms with van der Waals surface area (Å²) >= 11 is 0. The van der Waals surface area contributed by atoms with Crippen LogP contribution in [0.2, 0.25) is 0 Å². The molecule has 1 saturated carbocycles. The number of rotatable bonds is 4. The number of ether oxygens (including phenoxy) is 2. The highest BCUT2D eigenvalue weighted by molar-refractivity contribution is 6.09. The first-order chi connectivity index (χ1) is 13.8. The second kappa shape index (κ2) is 7.24. The number of nitrogens with zero attached hydrogens (tertiary/aromatic N) is 1. The van der Waals surface area contributed by atoms with Crippen molar-refractivity contribution < 1.29 is 23.9 Å². The lowest BCUT2D eigenvalue weighted by atomic mass is 9.78. The fourth-order valence-electron chi connectivity index (χ4n) is 4.43. The molecule has 1 aliphatic carbocycles. The number of imide groups is 1. The molecule has 8 nitrogen and oxygen atoms in total. The SMILES string of the molecule is C[C@@H]1[C@H](C)CCC[C@H]1NC(=O)CN1C(=O)N[C@](C)(c2ccc3c(c2)OCO3)C1=O. The van der Waals surface area contributed by atoms with E-state index in [-0.39, 0.29) is 25.3 Å². The number of hydrogen-bond donors (Lipinski definition) is 2. The molecule has 3 aliphatic rings. The van der Waals surface area contributed by atoms with E-state index in [1.807, 2.05) is 0 Å². The van der Waals surface area contributed by atoms with E-state index in [4.69, 9.17) is 9.47 Å². The van der Waals surface area contributed by atoms with Crippen LogP contribution in [0.25, 0.3) is 0 Å². The number of fused-ring (bicyclic) bond motifs is 1. The number of carbonyl (C=O) groups is 3. The second-order valence-corrected chi connectivity index (χ2v) is 8.46. The average molecular weight is 401 g/mol. The summed E-state index contributed by atoms with van der Waals surface area (Å²) < 4.78 is 10.7. The highest BCUT2D eigenvalue weighted by Gasteiger charge is 2.50. The third-order valence-electron chi connectivity index (χ3n) is 6.58. The molecule has 4 rings (SSSR count). The summed E-state index contributed by atoms with van der Waals surface area (Å²) in [7, 11) is 0. The van der Waals surface area contributed by atoms with E-state index in [0.29, 0.717) is 28.9 Å². The molecule has 0 radical (unpaired) electrons. The molecule has 1 aromatic carbocycles.